The van der Waals surface area contributed by atoms with Crippen LogP contribution in [0.25, 0.3) is 0 Å². The molecule has 0 atom stereocenters. The molecular formula is C11H23N3O. The second-order valence-electron chi connectivity index (χ2n) is 4.52. The maximum atomic E-state index is 5.88. The van der Waals surface area contributed by atoms with E-state index < -0.39 is 0 Å². The van der Waals surface area contributed by atoms with Crippen LogP contribution in [0.3, 0.4) is 0 Å². The van der Waals surface area contributed by atoms with Crippen LogP contribution in [-0.4, -0.2) is 43.7 Å². The van der Waals surface area contributed by atoms with Crippen molar-refractivity contribution in [2.45, 2.75) is 32.7 Å². The minimum atomic E-state index is 0.266. The minimum Gasteiger partial charge on any atom is -0.381 e. The van der Waals surface area contributed by atoms with Crippen LogP contribution >= 0.6 is 0 Å². The molecule has 1 heterocycles. The van der Waals surface area contributed by atoms with Crippen molar-refractivity contribution in [3.63, 3.8) is 0 Å². The highest BCUT2D eigenvalue weighted by atomic mass is 16.5. The van der Waals surface area contributed by atoms with Crippen molar-refractivity contribution < 1.29 is 4.74 Å². The lowest BCUT2D eigenvalue weighted by molar-refractivity contribution is 0.0611. The van der Waals surface area contributed by atoms with E-state index in [0.29, 0.717) is 11.9 Å². The van der Waals surface area contributed by atoms with Crippen molar-refractivity contribution >= 4 is 5.96 Å². The van der Waals surface area contributed by atoms with Gasteiger partial charge in [0.15, 0.2) is 5.96 Å². The van der Waals surface area contributed by atoms with Crippen LogP contribution in [0.15, 0.2) is 4.99 Å². The number of aliphatic imine (C=N–C) groups is 1. The van der Waals surface area contributed by atoms with Crippen molar-refractivity contribution in [3.05, 3.63) is 0 Å². The molecule has 0 aromatic carbocycles. The van der Waals surface area contributed by atoms with Gasteiger partial charge >= 0.3 is 0 Å². The Bertz CT molecular complexity index is 210. The summed E-state index contributed by atoms with van der Waals surface area (Å²) >= 11 is 0. The van der Waals surface area contributed by atoms with E-state index in [1.54, 1.807) is 0 Å². The first kappa shape index (κ1) is 12.3. The summed E-state index contributed by atoms with van der Waals surface area (Å²) in [6.07, 6.45) is 2.28. The van der Waals surface area contributed by atoms with Gasteiger partial charge in [-0.3, -0.25) is 4.99 Å². The first-order chi connectivity index (χ1) is 7.09. The van der Waals surface area contributed by atoms with Crippen LogP contribution in [0.1, 0.15) is 26.7 Å². The molecule has 0 saturated carbocycles. The van der Waals surface area contributed by atoms with Crippen LogP contribution in [-0.2, 0) is 4.74 Å². The lowest BCUT2D eigenvalue weighted by Gasteiger charge is -2.27. The van der Waals surface area contributed by atoms with Crippen molar-refractivity contribution in [1.29, 1.82) is 0 Å². The topological polar surface area (TPSA) is 50.8 Å². The molecular weight excluding hydrogens is 190 g/mol. The summed E-state index contributed by atoms with van der Waals surface area (Å²) in [5.74, 6) is 1.35. The minimum absolute atomic E-state index is 0.266. The average Bonchev–Trinajstić information content (AvgIpc) is 2.18. The zero-order chi connectivity index (χ0) is 11.3. The Morgan fingerprint density at radius 3 is 2.60 bits per heavy atom. The predicted molar refractivity (Wildman–Crippen MR) is 62.9 cm³/mol. The van der Waals surface area contributed by atoms with E-state index in [9.17, 15) is 0 Å². The zero-order valence-corrected chi connectivity index (χ0v) is 10.1. The Morgan fingerprint density at radius 2 is 2.07 bits per heavy atom. The molecule has 1 saturated heterocycles. The third-order valence-corrected chi connectivity index (χ3v) is 2.65. The Labute approximate surface area is 92.5 Å². The Morgan fingerprint density at radius 1 is 1.47 bits per heavy atom. The molecule has 1 aliphatic rings. The van der Waals surface area contributed by atoms with Gasteiger partial charge in [-0.25, -0.2) is 0 Å². The first-order valence-corrected chi connectivity index (χ1v) is 5.71. The van der Waals surface area contributed by atoms with Crippen LogP contribution in [0.2, 0.25) is 0 Å². The van der Waals surface area contributed by atoms with E-state index in [1.807, 2.05) is 20.9 Å². The second-order valence-corrected chi connectivity index (χ2v) is 4.52. The molecule has 0 amide bonds. The van der Waals surface area contributed by atoms with Crippen molar-refractivity contribution in [2.24, 2.45) is 16.6 Å². The summed E-state index contributed by atoms with van der Waals surface area (Å²) in [6, 6.07) is 0.266. The maximum Gasteiger partial charge on any atom is 0.191 e. The lowest BCUT2D eigenvalue weighted by Crippen LogP contribution is -2.39. The van der Waals surface area contributed by atoms with Gasteiger partial charge in [0.2, 0.25) is 0 Å². The molecule has 0 radical (unpaired) electrons. The van der Waals surface area contributed by atoms with Crippen molar-refractivity contribution in [1.82, 2.24) is 4.90 Å². The molecule has 1 aliphatic heterocycles. The van der Waals surface area contributed by atoms with E-state index in [-0.39, 0.29) is 6.04 Å². The molecule has 0 unspecified atom stereocenters. The normalized spacial score (nSPS) is 19.6. The molecule has 0 spiro atoms. The molecule has 88 valence electrons. The second kappa shape index (κ2) is 5.95. The molecule has 1 fully saturated rings. The van der Waals surface area contributed by atoms with Gasteiger partial charge in [0, 0.05) is 32.8 Å². The molecule has 1 rings (SSSR count). The lowest BCUT2D eigenvalue weighted by atomic mass is 10.00. The predicted octanol–water partition coefficient (Wildman–Crippen LogP) is 1.07. The van der Waals surface area contributed by atoms with Crippen LogP contribution in [0, 0.1) is 5.92 Å². The summed E-state index contributed by atoms with van der Waals surface area (Å²) in [5.41, 5.74) is 5.88. The molecule has 15 heavy (non-hydrogen) atoms. The summed E-state index contributed by atoms with van der Waals surface area (Å²) in [7, 11) is 2.01. The Kier molecular flexibility index (Phi) is 4.88. The molecule has 0 aromatic rings. The first-order valence-electron chi connectivity index (χ1n) is 5.71. The summed E-state index contributed by atoms with van der Waals surface area (Å²) in [5, 5.41) is 0. The Balaban J connectivity index is 2.36. The van der Waals surface area contributed by atoms with Gasteiger partial charge in [-0.2, -0.15) is 0 Å². The highest BCUT2D eigenvalue weighted by molar-refractivity contribution is 5.77. The summed E-state index contributed by atoms with van der Waals surface area (Å²) in [4.78, 5) is 6.38. The molecule has 2 N–H and O–H groups in total. The molecule has 0 aliphatic carbocycles. The van der Waals surface area contributed by atoms with Gasteiger partial charge in [-0.15, -0.1) is 0 Å². The number of ether oxygens (including phenoxy) is 1. The van der Waals surface area contributed by atoms with Crippen LogP contribution in [0.4, 0.5) is 0 Å². The number of guanidine groups is 1. The fourth-order valence-corrected chi connectivity index (χ4v) is 1.77. The van der Waals surface area contributed by atoms with E-state index >= 15 is 0 Å². The SMILES string of the molecule is CC(C)N=C(N)N(C)CC1CCOCC1. The third-order valence-electron chi connectivity index (χ3n) is 2.65. The van der Waals surface area contributed by atoms with E-state index in [4.69, 9.17) is 10.5 Å². The maximum absolute atomic E-state index is 5.88. The smallest absolute Gasteiger partial charge is 0.191 e. The molecule has 0 aromatic heterocycles. The summed E-state index contributed by atoms with van der Waals surface area (Å²) in [6.45, 7) is 6.84. The fraction of sp³-hybridized carbons (Fsp3) is 0.909. The van der Waals surface area contributed by atoms with Crippen LogP contribution < -0.4 is 5.73 Å². The number of nitrogens with zero attached hydrogens (tertiary/aromatic N) is 2. The van der Waals surface area contributed by atoms with Crippen LogP contribution in [0.5, 0.6) is 0 Å². The number of rotatable bonds is 3. The Hall–Kier alpha value is -0.770. The van der Waals surface area contributed by atoms with E-state index in [0.717, 1.165) is 32.6 Å². The van der Waals surface area contributed by atoms with Gasteiger partial charge in [0.1, 0.15) is 0 Å². The molecule has 4 nitrogen and oxygen atoms in total. The largest absolute Gasteiger partial charge is 0.381 e. The fourth-order valence-electron chi connectivity index (χ4n) is 1.77. The van der Waals surface area contributed by atoms with Gasteiger partial charge in [0.05, 0.1) is 0 Å². The van der Waals surface area contributed by atoms with Crippen molar-refractivity contribution in [3.8, 4) is 0 Å². The quantitative estimate of drug-likeness (QED) is 0.563. The standard InChI is InChI=1S/C11H23N3O/c1-9(2)13-11(12)14(3)8-10-4-6-15-7-5-10/h9-10H,4-8H2,1-3H3,(H2,12,13). The number of hydrogen-bond donors (Lipinski definition) is 1. The highest BCUT2D eigenvalue weighted by Crippen LogP contribution is 2.15. The van der Waals surface area contributed by atoms with Gasteiger partial charge in [-0.05, 0) is 32.6 Å². The molecule has 4 heteroatoms. The van der Waals surface area contributed by atoms with Gasteiger partial charge in [-0.1, -0.05) is 0 Å². The van der Waals surface area contributed by atoms with E-state index in [1.165, 1.54) is 0 Å². The zero-order valence-electron chi connectivity index (χ0n) is 10.1. The number of nitrogens with two attached hydrogens (primary N) is 1. The number of hydrogen-bond acceptors (Lipinski definition) is 2. The highest BCUT2D eigenvalue weighted by Gasteiger charge is 2.16. The van der Waals surface area contributed by atoms with Gasteiger partial charge < -0.3 is 15.4 Å². The van der Waals surface area contributed by atoms with Gasteiger partial charge in [0.25, 0.3) is 0 Å². The monoisotopic (exact) mass is 213 g/mol. The molecule has 0 bridgehead atoms. The average molecular weight is 213 g/mol. The van der Waals surface area contributed by atoms with E-state index in [2.05, 4.69) is 9.89 Å². The van der Waals surface area contributed by atoms with Crippen molar-refractivity contribution in [2.75, 3.05) is 26.8 Å². The summed E-state index contributed by atoms with van der Waals surface area (Å²) < 4.78 is 5.33. The third kappa shape index (κ3) is 4.51.